The Bertz CT molecular complexity index is 1460. The number of methoxy groups -OCH3 is 1. The Labute approximate surface area is 247 Å². The minimum atomic E-state index is -3.70. The number of aryl methyl sites for hydroxylation is 1. The van der Waals surface area contributed by atoms with Crippen LogP contribution in [0.2, 0.25) is 0 Å². The van der Waals surface area contributed by atoms with E-state index in [-0.39, 0.29) is 10.8 Å². The first-order valence-corrected chi connectivity index (χ1v) is 15.1. The van der Waals surface area contributed by atoms with Crippen molar-refractivity contribution >= 4 is 39.1 Å². The molecule has 0 aliphatic rings. The SMILES string of the molecule is COc1cc(Nc2ncc(C)c(Nc3cccc(S(=O)(=O)NC(C)(C)C)c3)n2)ccc1OCCCCCCC(=O)NO. The summed E-state index contributed by atoms with van der Waals surface area (Å²) in [4.78, 5) is 20.1. The number of rotatable bonds is 15. The third-order valence-corrected chi connectivity index (χ3v) is 7.68. The van der Waals surface area contributed by atoms with Gasteiger partial charge in [-0.3, -0.25) is 10.0 Å². The number of ether oxygens (including phenoxy) is 2. The maximum Gasteiger partial charge on any atom is 0.243 e. The highest BCUT2D eigenvalue weighted by molar-refractivity contribution is 7.89. The Balaban J connectivity index is 1.63. The Morgan fingerprint density at radius 2 is 1.71 bits per heavy atom. The molecule has 0 radical (unpaired) electrons. The minimum absolute atomic E-state index is 0.147. The molecule has 42 heavy (non-hydrogen) atoms. The van der Waals surface area contributed by atoms with Crippen LogP contribution < -0.4 is 30.3 Å². The van der Waals surface area contributed by atoms with Gasteiger partial charge in [-0.05, 0) is 70.9 Å². The van der Waals surface area contributed by atoms with Crippen molar-refractivity contribution in [3.8, 4) is 11.5 Å². The van der Waals surface area contributed by atoms with Crippen LogP contribution in [0.4, 0.5) is 23.1 Å². The number of nitrogens with zero attached hydrogens (tertiary/aromatic N) is 2. The van der Waals surface area contributed by atoms with Gasteiger partial charge in [0.15, 0.2) is 11.5 Å². The predicted molar refractivity (Wildman–Crippen MR) is 161 cm³/mol. The van der Waals surface area contributed by atoms with E-state index in [0.717, 1.165) is 24.8 Å². The standard InChI is InChI=1S/C29H40N6O6S/c1-20-19-30-28(33-27(20)31-21-11-10-12-23(17-21)42(38,39)35-29(2,3)4)32-22-14-15-24(25(18-22)40-5)41-16-9-7-6-8-13-26(36)34-37/h10-12,14-15,17-19,35,37H,6-9,13,16H2,1-5H3,(H,34,36)(H2,30,31,32,33). The lowest BCUT2D eigenvalue weighted by Crippen LogP contribution is -2.40. The van der Waals surface area contributed by atoms with E-state index in [1.165, 1.54) is 0 Å². The molecule has 0 aliphatic carbocycles. The van der Waals surface area contributed by atoms with Gasteiger partial charge in [0.25, 0.3) is 0 Å². The van der Waals surface area contributed by atoms with Crippen LogP contribution in [-0.4, -0.2) is 48.8 Å². The molecule has 1 heterocycles. The highest BCUT2D eigenvalue weighted by atomic mass is 32.2. The van der Waals surface area contributed by atoms with Crippen LogP contribution in [0.1, 0.15) is 58.4 Å². The van der Waals surface area contributed by atoms with Gasteiger partial charge in [0.05, 0.1) is 18.6 Å². The second kappa shape index (κ2) is 14.8. The van der Waals surface area contributed by atoms with Crippen LogP contribution in [-0.2, 0) is 14.8 Å². The van der Waals surface area contributed by atoms with E-state index in [0.29, 0.717) is 54.1 Å². The van der Waals surface area contributed by atoms with Gasteiger partial charge in [-0.25, -0.2) is 23.6 Å². The first kappa shape index (κ1) is 32.6. The highest BCUT2D eigenvalue weighted by Gasteiger charge is 2.22. The smallest absolute Gasteiger partial charge is 0.243 e. The van der Waals surface area contributed by atoms with E-state index in [2.05, 4.69) is 25.3 Å². The molecule has 0 saturated carbocycles. The molecule has 0 bridgehead atoms. The van der Waals surface area contributed by atoms with Gasteiger partial charge in [-0.2, -0.15) is 4.98 Å². The van der Waals surface area contributed by atoms with E-state index < -0.39 is 15.6 Å². The number of aromatic nitrogens is 2. The maximum absolute atomic E-state index is 12.8. The van der Waals surface area contributed by atoms with Crippen LogP contribution >= 0.6 is 0 Å². The van der Waals surface area contributed by atoms with E-state index >= 15 is 0 Å². The van der Waals surface area contributed by atoms with E-state index in [1.54, 1.807) is 76.0 Å². The molecule has 0 unspecified atom stereocenters. The summed E-state index contributed by atoms with van der Waals surface area (Å²) in [6, 6.07) is 12.0. The summed E-state index contributed by atoms with van der Waals surface area (Å²) in [6.07, 6.45) is 5.26. The van der Waals surface area contributed by atoms with Gasteiger partial charge in [0.2, 0.25) is 21.9 Å². The molecule has 0 spiro atoms. The van der Waals surface area contributed by atoms with Gasteiger partial charge in [-0.15, -0.1) is 0 Å². The fourth-order valence-electron chi connectivity index (χ4n) is 3.94. The van der Waals surface area contributed by atoms with Crippen LogP contribution in [0, 0.1) is 6.92 Å². The summed E-state index contributed by atoms with van der Waals surface area (Å²) in [6.45, 7) is 7.72. The van der Waals surface area contributed by atoms with Crippen molar-refractivity contribution in [2.75, 3.05) is 24.4 Å². The highest BCUT2D eigenvalue weighted by Crippen LogP contribution is 2.32. The van der Waals surface area contributed by atoms with Crippen LogP contribution in [0.25, 0.3) is 0 Å². The van der Waals surface area contributed by atoms with E-state index in [4.69, 9.17) is 14.7 Å². The molecule has 2 aromatic carbocycles. The molecule has 12 nitrogen and oxygen atoms in total. The fourth-order valence-corrected chi connectivity index (χ4v) is 5.41. The zero-order valence-electron chi connectivity index (χ0n) is 24.7. The summed E-state index contributed by atoms with van der Waals surface area (Å²) in [5.41, 5.74) is 3.06. The third kappa shape index (κ3) is 10.2. The summed E-state index contributed by atoms with van der Waals surface area (Å²) < 4.78 is 39.6. The number of unbranched alkanes of at least 4 members (excludes halogenated alkanes) is 3. The second-order valence-corrected chi connectivity index (χ2v) is 12.5. The van der Waals surface area contributed by atoms with Gasteiger partial charge >= 0.3 is 0 Å². The fraction of sp³-hybridized carbons (Fsp3) is 0.414. The summed E-state index contributed by atoms with van der Waals surface area (Å²) >= 11 is 0. The van der Waals surface area contributed by atoms with Crippen molar-refractivity contribution in [1.29, 1.82) is 0 Å². The van der Waals surface area contributed by atoms with Gasteiger partial charge in [0.1, 0.15) is 5.82 Å². The molecule has 0 atom stereocenters. The van der Waals surface area contributed by atoms with Gasteiger partial charge in [-0.1, -0.05) is 18.9 Å². The number of carbonyl (C=O) groups excluding carboxylic acids is 1. The quantitative estimate of drug-likeness (QED) is 0.0891. The van der Waals surface area contributed by atoms with Gasteiger partial charge in [0, 0.05) is 41.2 Å². The summed E-state index contributed by atoms with van der Waals surface area (Å²) in [5, 5.41) is 14.9. The lowest BCUT2D eigenvalue weighted by atomic mass is 10.1. The largest absolute Gasteiger partial charge is 0.493 e. The van der Waals surface area contributed by atoms with E-state index in [9.17, 15) is 13.2 Å². The lowest BCUT2D eigenvalue weighted by Gasteiger charge is -2.20. The third-order valence-electron chi connectivity index (χ3n) is 5.92. The second-order valence-electron chi connectivity index (χ2n) is 10.8. The Hall–Kier alpha value is -3.94. The minimum Gasteiger partial charge on any atom is -0.493 e. The molecule has 1 aromatic heterocycles. The molecule has 0 aliphatic heterocycles. The number of amides is 1. The van der Waals surface area contributed by atoms with Crippen LogP contribution in [0.3, 0.4) is 0 Å². The molecule has 0 fully saturated rings. The van der Waals surface area contributed by atoms with Crippen LogP contribution in [0.5, 0.6) is 11.5 Å². The molecule has 0 saturated heterocycles. The van der Waals surface area contributed by atoms with Crippen molar-refractivity contribution in [2.45, 2.75) is 70.2 Å². The molecule has 13 heteroatoms. The summed E-state index contributed by atoms with van der Waals surface area (Å²) in [7, 11) is -2.13. The number of anilines is 4. The number of hydrogen-bond acceptors (Lipinski definition) is 10. The number of hydrogen-bond donors (Lipinski definition) is 5. The number of sulfonamides is 1. The molecular formula is C29H40N6O6S. The zero-order chi connectivity index (χ0) is 30.8. The number of carbonyl (C=O) groups is 1. The monoisotopic (exact) mass is 600 g/mol. The average Bonchev–Trinajstić information content (AvgIpc) is 2.93. The maximum atomic E-state index is 12.8. The zero-order valence-corrected chi connectivity index (χ0v) is 25.5. The number of hydroxylamine groups is 1. The number of nitrogens with one attached hydrogen (secondary N) is 4. The van der Waals surface area contributed by atoms with Crippen molar-refractivity contribution in [2.24, 2.45) is 0 Å². The normalized spacial score (nSPS) is 11.6. The molecule has 3 rings (SSSR count). The molecule has 3 aromatic rings. The Morgan fingerprint density at radius 1 is 0.976 bits per heavy atom. The average molecular weight is 601 g/mol. The van der Waals surface area contributed by atoms with Crippen molar-refractivity contribution < 1.29 is 27.9 Å². The molecule has 228 valence electrons. The van der Waals surface area contributed by atoms with Crippen LogP contribution in [0.15, 0.2) is 53.6 Å². The molecular weight excluding hydrogens is 560 g/mol. The Morgan fingerprint density at radius 3 is 2.43 bits per heavy atom. The number of benzene rings is 2. The Kier molecular flexibility index (Phi) is 11.5. The summed E-state index contributed by atoms with van der Waals surface area (Å²) in [5.74, 6) is 1.64. The van der Waals surface area contributed by atoms with Crippen molar-refractivity contribution in [3.05, 3.63) is 54.2 Å². The lowest BCUT2D eigenvalue weighted by molar-refractivity contribution is -0.129. The van der Waals surface area contributed by atoms with E-state index in [1.807, 2.05) is 13.0 Å². The topological polar surface area (TPSA) is 164 Å². The van der Waals surface area contributed by atoms with Crippen molar-refractivity contribution in [3.63, 3.8) is 0 Å². The first-order chi connectivity index (χ1) is 19.9. The molecule has 5 N–H and O–H groups in total. The molecule has 1 amide bonds. The van der Waals surface area contributed by atoms with Gasteiger partial charge < -0.3 is 20.1 Å². The predicted octanol–water partition coefficient (Wildman–Crippen LogP) is 5.19. The van der Waals surface area contributed by atoms with Crippen molar-refractivity contribution in [1.82, 2.24) is 20.2 Å². The first-order valence-electron chi connectivity index (χ1n) is 13.7.